The molecule has 2 rings (SSSR count). The first-order valence-corrected chi connectivity index (χ1v) is 7.82. The van der Waals surface area contributed by atoms with Crippen molar-refractivity contribution in [1.29, 1.82) is 0 Å². The third-order valence-corrected chi connectivity index (χ3v) is 5.12. The molecule has 20 heavy (non-hydrogen) atoms. The Morgan fingerprint density at radius 2 is 2.15 bits per heavy atom. The Balaban J connectivity index is 2.22. The number of fused-ring (bicyclic) bond motifs is 1. The van der Waals surface area contributed by atoms with Crippen LogP contribution in [0.4, 0.5) is 5.69 Å². The number of sulfonamides is 1. The van der Waals surface area contributed by atoms with Gasteiger partial charge in [-0.1, -0.05) is 0 Å². The highest BCUT2D eigenvalue weighted by molar-refractivity contribution is 7.89. The summed E-state index contributed by atoms with van der Waals surface area (Å²) in [5.41, 5.74) is 1.36. The molecular weight excluding hydrogens is 280 g/mol. The fourth-order valence-corrected chi connectivity index (χ4v) is 3.27. The van der Waals surface area contributed by atoms with Gasteiger partial charge >= 0.3 is 0 Å². The maximum atomic E-state index is 12.4. The Morgan fingerprint density at radius 1 is 1.45 bits per heavy atom. The smallest absolute Gasteiger partial charge is 0.242 e. The lowest BCUT2D eigenvalue weighted by molar-refractivity contribution is -0.115. The number of carbonyl (C=O) groups is 1. The maximum absolute atomic E-state index is 12.4. The molecule has 6 nitrogen and oxygen atoms in total. The zero-order valence-corrected chi connectivity index (χ0v) is 12.3. The predicted molar refractivity (Wildman–Crippen MR) is 74.9 cm³/mol. The first-order chi connectivity index (χ1) is 9.30. The largest absolute Gasteiger partial charge is 0.393 e. The van der Waals surface area contributed by atoms with Crippen molar-refractivity contribution in [3.05, 3.63) is 23.8 Å². The molecule has 0 aromatic heterocycles. The lowest BCUT2D eigenvalue weighted by atomic mass is 10.2. The highest BCUT2D eigenvalue weighted by Gasteiger charge is 2.24. The van der Waals surface area contributed by atoms with Gasteiger partial charge in [-0.05, 0) is 37.1 Å². The summed E-state index contributed by atoms with van der Waals surface area (Å²) in [5, 5.41) is 11.9. The van der Waals surface area contributed by atoms with E-state index in [4.69, 9.17) is 0 Å². The van der Waals surface area contributed by atoms with E-state index in [2.05, 4.69) is 5.32 Å². The van der Waals surface area contributed by atoms with Gasteiger partial charge in [-0.25, -0.2) is 12.7 Å². The van der Waals surface area contributed by atoms with Crippen molar-refractivity contribution in [2.45, 2.75) is 30.8 Å². The molecule has 1 unspecified atom stereocenters. The predicted octanol–water partition coefficient (Wildman–Crippen LogP) is 0.573. The minimum atomic E-state index is -3.59. The van der Waals surface area contributed by atoms with Crippen molar-refractivity contribution in [1.82, 2.24) is 4.31 Å². The van der Waals surface area contributed by atoms with Crippen LogP contribution in [-0.2, 0) is 21.2 Å². The van der Waals surface area contributed by atoms with Crippen LogP contribution < -0.4 is 5.32 Å². The van der Waals surface area contributed by atoms with E-state index in [0.29, 0.717) is 17.7 Å². The third kappa shape index (κ3) is 3.00. The van der Waals surface area contributed by atoms with Gasteiger partial charge in [-0.2, -0.15) is 0 Å². The number of anilines is 1. The average molecular weight is 298 g/mol. The number of nitrogens with zero attached hydrogens (tertiary/aromatic N) is 1. The second kappa shape index (κ2) is 5.51. The van der Waals surface area contributed by atoms with Crippen LogP contribution in [0.25, 0.3) is 0 Å². The van der Waals surface area contributed by atoms with Crippen molar-refractivity contribution in [3.8, 4) is 0 Å². The van der Waals surface area contributed by atoms with Gasteiger partial charge < -0.3 is 10.4 Å². The number of hydrogen-bond donors (Lipinski definition) is 2. The summed E-state index contributed by atoms with van der Waals surface area (Å²) in [5.74, 6) is -0.128. The molecule has 0 saturated heterocycles. The number of benzene rings is 1. The first-order valence-electron chi connectivity index (χ1n) is 6.38. The van der Waals surface area contributed by atoms with Gasteiger partial charge in [0.2, 0.25) is 15.9 Å². The van der Waals surface area contributed by atoms with Crippen LogP contribution in [-0.4, -0.2) is 43.4 Å². The minimum absolute atomic E-state index is 0.128. The molecule has 1 aliphatic heterocycles. The van der Waals surface area contributed by atoms with E-state index in [9.17, 15) is 18.3 Å². The molecule has 1 aromatic carbocycles. The molecule has 1 atom stereocenters. The van der Waals surface area contributed by atoms with Gasteiger partial charge in [0.15, 0.2) is 0 Å². The summed E-state index contributed by atoms with van der Waals surface area (Å²) in [4.78, 5) is 11.4. The Morgan fingerprint density at radius 3 is 2.80 bits per heavy atom. The van der Waals surface area contributed by atoms with Gasteiger partial charge in [0.05, 0.1) is 17.4 Å². The van der Waals surface area contributed by atoms with Crippen molar-refractivity contribution < 1.29 is 18.3 Å². The molecule has 0 fully saturated rings. The number of aliphatic hydroxyl groups excluding tert-OH is 1. The summed E-state index contributed by atoms with van der Waals surface area (Å²) in [6.07, 6.45) is 0.0334. The van der Waals surface area contributed by atoms with E-state index in [0.717, 1.165) is 0 Å². The van der Waals surface area contributed by atoms with E-state index in [-0.39, 0.29) is 23.8 Å². The second-order valence-electron chi connectivity index (χ2n) is 5.01. The summed E-state index contributed by atoms with van der Waals surface area (Å²) in [7, 11) is -2.11. The molecule has 2 N–H and O–H groups in total. The molecule has 0 saturated carbocycles. The van der Waals surface area contributed by atoms with Gasteiger partial charge in [0, 0.05) is 19.3 Å². The number of rotatable bonds is 5. The first kappa shape index (κ1) is 15.0. The van der Waals surface area contributed by atoms with Crippen LogP contribution in [0.1, 0.15) is 18.9 Å². The molecule has 0 bridgehead atoms. The van der Waals surface area contributed by atoms with Gasteiger partial charge in [0.1, 0.15) is 0 Å². The van der Waals surface area contributed by atoms with E-state index < -0.39 is 16.1 Å². The number of amides is 1. The Kier molecular flexibility index (Phi) is 4.12. The Hall–Kier alpha value is -1.44. The van der Waals surface area contributed by atoms with Gasteiger partial charge in [0.25, 0.3) is 0 Å². The standard InChI is InChI=1S/C13H18N2O4S/c1-9(16)5-6-15(2)20(18,19)11-3-4-12-10(7-11)8-13(17)14-12/h3-4,7,9,16H,5-6,8H2,1-2H3,(H,14,17). The third-order valence-electron chi connectivity index (χ3n) is 3.27. The monoisotopic (exact) mass is 298 g/mol. The summed E-state index contributed by atoms with van der Waals surface area (Å²) >= 11 is 0. The molecule has 1 aliphatic rings. The van der Waals surface area contributed by atoms with Crippen LogP contribution in [0.15, 0.2) is 23.1 Å². The maximum Gasteiger partial charge on any atom is 0.242 e. The Bertz CT molecular complexity index is 625. The van der Waals surface area contributed by atoms with E-state index >= 15 is 0 Å². The molecule has 1 aromatic rings. The molecule has 0 spiro atoms. The summed E-state index contributed by atoms with van der Waals surface area (Å²) in [6, 6.07) is 4.62. The number of nitrogens with one attached hydrogen (secondary N) is 1. The van der Waals surface area contributed by atoms with Crippen molar-refractivity contribution in [2.75, 3.05) is 18.9 Å². The normalized spacial score (nSPS) is 16.1. The molecule has 1 heterocycles. The van der Waals surface area contributed by atoms with Crippen LogP contribution in [0, 0.1) is 0 Å². The van der Waals surface area contributed by atoms with Crippen molar-refractivity contribution in [2.24, 2.45) is 0 Å². The molecule has 0 radical (unpaired) electrons. The van der Waals surface area contributed by atoms with E-state index in [1.54, 1.807) is 13.0 Å². The highest BCUT2D eigenvalue weighted by atomic mass is 32.2. The fourth-order valence-electron chi connectivity index (χ4n) is 2.03. The molecule has 1 amide bonds. The van der Waals surface area contributed by atoms with Gasteiger partial charge in [-0.3, -0.25) is 4.79 Å². The van der Waals surface area contributed by atoms with Crippen molar-refractivity contribution in [3.63, 3.8) is 0 Å². The van der Waals surface area contributed by atoms with Crippen LogP contribution >= 0.6 is 0 Å². The van der Waals surface area contributed by atoms with Gasteiger partial charge in [-0.15, -0.1) is 0 Å². The SMILES string of the molecule is CC(O)CCN(C)S(=O)(=O)c1ccc2c(c1)CC(=O)N2. The van der Waals surface area contributed by atoms with E-state index in [1.165, 1.54) is 23.5 Å². The lowest BCUT2D eigenvalue weighted by Crippen LogP contribution is -2.29. The van der Waals surface area contributed by atoms with Crippen molar-refractivity contribution >= 4 is 21.6 Å². The van der Waals surface area contributed by atoms with E-state index in [1.807, 2.05) is 0 Å². The summed E-state index contributed by atoms with van der Waals surface area (Å²) in [6.45, 7) is 1.86. The molecular formula is C13H18N2O4S. The zero-order chi connectivity index (χ0) is 14.9. The Labute approximate surface area is 118 Å². The number of hydrogen-bond acceptors (Lipinski definition) is 4. The average Bonchev–Trinajstić information content (AvgIpc) is 2.74. The van der Waals surface area contributed by atoms with Crippen LogP contribution in [0.2, 0.25) is 0 Å². The summed E-state index contributed by atoms with van der Waals surface area (Å²) < 4.78 is 25.9. The molecule has 110 valence electrons. The molecule has 7 heteroatoms. The minimum Gasteiger partial charge on any atom is -0.393 e. The zero-order valence-electron chi connectivity index (χ0n) is 11.5. The van der Waals surface area contributed by atoms with Crippen LogP contribution in [0.5, 0.6) is 0 Å². The lowest BCUT2D eigenvalue weighted by Gasteiger charge is -2.18. The number of aliphatic hydroxyl groups is 1. The highest BCUT2D eigenvalue weighted by Crippen LogP contribution is 2.27. The van der Waals surface area contributed by atoms with Crippen LogP contribution in [0.3, 0.4) is 0 Å². The second-order valence-corrected chi connectivity index (χ2v) is 7.05. The topological polar surface area (TPSA) is 86.7 Å². The molecule has 0 aliphatic carbocycles. The number of carbonyl (C=O) groups excluding carboxylic acids is 1. The quantitative estimate of drug-likeness (QED) is 0.832. The fraction of sp³-hybridized carbons (Fsp3) is 0.462.